The van der Waals surface area contributed by atoms with Crippen molar-refractivity contribution in [3.8, 4) is 5.75 Å². The number of aryl methyl sites for hydroxylation is 1. The van der Waals surface area contributed by atoms with Gasteiger partial charge in [-0.15, -0.1) is 0 Å². The van der Waals surface area contributed by atoms with Gasteiger partial charge >= 0.3 is 0 Å². The molecule has 0 aliphatic heterocycles. The molecule has 2 nitrogen and oxygen atoms in total. The average molecular weight is 260 g/mol. The Morgan fingerprint density at radius 1 is 1.26 bits per heavy atom. The highest BCUT2D eigenvalue weighted by Gasteiger charge is 2.23. The molecule has 1 aromatic rings. The van der Waals surface area contributed by atoms with Crippen molar-refractivity contribution in [2.24, 2.45) is 5.92 Å². The van der Waals surface area contributed by atoms with Crippen molar-refractivity contribution in [3.63, 3.8) is 0 Å². The highest BCUT2D eigenvalue weighted by Crippen LogP contribution is 2.29. The van der Waals surface area contributed by atoms with E-state index >= 15 is 0 Å². The number of benzene rings is 1. The molecular weight excluding hydrogens is 236 g/mol. The maximum absolute atomic E-state index is 12.5. The third-order valence-corrected chi connectivity index (χ3v) is 3.91. The van der Waals surface area contributed by atoms with Crippen molar-refractivity contribution >= 4 is 5.78 Å². The molecule has 1 aromatic carbocycles. The summed E-state index contributed by atoms with van der Waals surface area (Å²) in [6, 6.07) is 5.86. The summed E-state index contributed by atoms with van der Waals surface area (Å²) >= 11 is 0. The highest BCUT2D eigenvalue weighted by molar-refractivity contribution is 5.99. The van der Waals surface area contributed by atoms with Crippen molar-refractivity contribution in [1.82, 2.24) is 0 Å². The van der Waals surface area contributed by atoms with Crippen LogP contribution in [0.15, 0.2) is 18.2 Å². The summed E-state index contributed by atoms with van der Waals surface area (Å²) in [7, 11) is 0. The summed E-state index contributed by atoms with van der Waals surface area (Å²) in [6.45, 7) is 4.83. The van der Waals surface area contributed by atoms with Crippen LogP contribution in [0.3, 0.4) is 0 Å². The van der Waals surface area contributed by atoms with Gasteiger partial charge in [0.2, 0.25) is 0 Å². The number of carbonyl (C=O) groups excluding carboxylic acids is 1. The Labute approximate surface area is 116 Å². The molecule has 1 aliphatic carbocycles. The van der Waals surface area contributed by atoms with Gasteiger partial charge in [-0.25, -0.2) is 0 Å². The summed E-state index contributed by atoms with van der Waals surface area (Å²) in [5.74, 6) is 1.45. The Kier molecular flexibility index (Phi) is 5.00. The molecule has 0 amide bonds. The van der Waals surface area contributed by atoms with Gasteiger partial charge in [0.05, 0.1) is 6.61 Å². The fraction of sp³-hybridized carbons (Fsp3) is 0.588. The van der Waals surface area contributed by atoms with Crippen LogP contribution in [0.5, 0.6) is 5.75 Å². The number of hydrogen-bond donors (Lipinski definition) is 0. The predicted molar refractivity (Wildman–Crippen MR) is 77.9 cm³/mol. The van der Waals surface area contributed by atoms with Crippen LogP contribution in [-0.4, -0.2) is 12.4 Å². The summed E-state index contributed by atoms with van der Waals surface area (Å²) in [5, 5.41) is 0. The third kappa shape index (κ3) is 3.59. The first-order chi connectivity index (χ1) is 9.22. The van der Waals surface area contributed by atoms with Crippen molar-refractivity contribution in [3.05, 3.63) is 29.3 Å². The lowest BCUT2D eigenvalue weighted by molar-refractivity contribution is 0.0889. The Bertz CT molecular complexity index is 431. The minimum Gasteiger partial charge on any atom is -0.494 e. The van der Waals surface area contributed by atoms with Crippen molar-refractivity contribution in [1.29, 1.82) is 0 Å². The Balaban J connectivity index is 2.09. The first kappa shape index (κ1) is 14.1. The minimum atomic E-state index is 0.245. The zero-order valence-electron chi connectivity index (χ0n) is 12.1. The maximum atomic E-state index is 12.5. The van der Waals surface area contributed by atoms with Crippen LogP contribution in [0, 0.1) is 12.8 Å². The molecule has 0 aromatic heterocycles. The standard InChI is InChI=1S/C17H24O2/c1-3-11-19-15-9-10-16(13(2)12-15)17(18)14-7-5-4-6-8-14/h9-10,12,14H,3-8,11H2,1-2H3. The molecule has 1 saturated carbocycles. The molecule has 1 aliphatic rings. The van der Waals surface area contributed by atoms with Crippen molar-refractivity contribution in [2.45, 2.75) is 52.4 Å². The lowest BCUT2D eigenvalue weighted by Crippen LogP contribution is -2.18. The SMILES string of the molecule is CCCOc1ccc(C(=O)C2CCCCC2)c(C)c1. The lowest BCUT2D eigenvalue weighted by atomic mass is 9.83. The third-order valence-electron chi connectivity index (χ3n) is 3.91. The van der Waals surface area contributed by atoms with Crippen molar-refractivity contribution in [2.75, 3.05) is 6.61 Å². The van der Waals surface area contributed by atoms with Crippen LogP contribution in [0.2, 0.25) is 0 Å². The second-order valence-corrected chi connectivity index (χ2v) is 5.52. The van der Waals surface area contributed by atoms with Gasteiger partial charge in [-0.2, -0.15) is 0 Å². The highest BCUT2D eigenvalue weighted by atomic mass is 16.5. The fourth-order valence-corrected chi connectivity index (χ4v) is 2.81. The topological polar surface area (TPSA) is 26.3 Å². The smallest absolute Gasteiger partial charge is 0.166 e. The van der Waals surface area contributed by atoms with Gasteiger partial charge in [0, 0.05) is 11.5 Å². The molecule has 2 rings (SSSR count). The first-order valence-corrected chi connectivity index (χ1v) is 7.50. The normalized spacial score (nSPS) is 16.3. The van der Waals surface area contributed by atoms with E-state index in [-0.39, 0.29) is 5.92 Å². The number of carbonyl (C=O) groups is 1. The summed E-state index contributed by atoms with van der Waals surface area (Å²) < 4.78 is 5.60. The van der Waals surface area contributed by atoms with Gasteiger partial charge in [-0.05, 0) is 49.9 Å². The van der Waals surface area contributed by atoms with E-state index in [0.29, 0.717) is 5.78 Å². The van der Waals surface area contributed by atoms with Gasteiger partial charge in [-0.1, -0.05) is 26.2 Å². The number of ketones is 1. The van der Waals surface area contributed by atoms with Crippen LogP contribution in [0.4, 0.5) is 0 Å². The maximum Gasteiger partial charge on any atom is 0.166 e. The van der Waals surface area contributed by atoms with E-state index in [2.05, 4.69) is 6.92 Å². The van der Waals surface area contributed by atoms with E-state index < -0.39 is 0 Å². The second kappa shape index (κ2) is 6.74. The molecule has 0 N–H and O–H groups in total. The molecule has 0 bridgehead atoms. The van der Waals surface area contributed by atoms with Crippen LogP contribution in [-0.2, 0) is 0 Å². The Morgan fingerprint density at radius 3 is 2.63 bits per heavy atom. The summed E-state index contributed by atoms with van der Waals surface area (Å²) in [4.78, 5) is 12.5. The Morgan fingerprint density at radius 2 is 2.00 bits per heavy atom. The van der Waals surface area contributed by atoms with Gasteiger partial charge in [-0.3, -0.25) is 4.79 Å². The zero-order chi connectivity index (χ0) is 13.7. The molecule has 0 saturated heterocycles. The van der Waals surface area contributed by atoms with E-state index in [9.17, 15) is 4.79 Å². The molecule has 104 valence electrons. The summed E-state index contributed by atoms with van der Waals surface area (Å²) in [5.41, 5.74) is 1.93. The van der Waals surface area contributed by atoms with E-state index in [4.69, 9.17) is 4.74 Å². The molecule has 0 unspecified atom stereocenters. The summed E-state index contributed by atoms with van der Waals surface area (Å²) in [6.07, 6.45) is 6.81. The van der Waals surface area contributed by atoms with E-state index in [1.54, 1.807) is 0 Å². The fourth-order valence-electron chi connectivity index (χ4n) is 2.81. The predicted octanol–water partition coefficient (Wildman–Crippen LogP) is 4.55. The Hall–Kier alpha value is -1.31. The van der Waals surface area contributed by atoms with Crippen LogP contribution >= 0.6 is 0 Å². The van der Waals surface area contributed by atoms with Gasteiger partial charge in [0.15, 0.2) is 5.78 Å². The zero-order valence-corrected chi connectivity index (χ0v) is 12.1. The molecule has 2 heteroatoms. The number of Topliss-reactive ketones (excluding diaryl/α,β-unsaturated/α-hetero) is 1. The second-order valence-electron chi connectivity index (χ2n) is 5.52. The molecule has 1 fully saturated rings. The minimum absolute atomic E-state index is 0.245. The number of rotatable bonds is 5. The number of hydrogen-bond acceptors (Lipinski definition) is 2. The largest absolute Gasteiger partial charge is 0.494 e. The van der Waals surface area contributed by atoms with Gasteiger partial charge in [0.1, 0.15) is 5.75 Å². The van der Waals surface area contributed by atoms with E-state index in [0.717, 1.165) is 42.7 Å². The average Bonchev–Trinajstić information content (AvgIpc) is 2.45. The number of ether oxygens (including phenoxy) is 1. The van der Waals surface area contributed by atoms with E-state index in [1.165, 1.54) is 19.3 Å². The van der Waals surface area contributed by atoms with Gasteiger partial charge in [0.25, 0.3) is 0 Å². The first-order valence-electron chi connectivity index (χ1n) is 7.50. The molecule has 0 radical (unpaired) electrons. The lowest BCUT2D eigenvalue weighted by Gasteiger charge is -2.21. The quantitative estimate of drug-likeness (QED) is 0.726. The van der Waals surface area contributed by atoms with Crippen LogP contribution < -0.4 is 4.74 Å². The van der Waals surface area contributed by atoms with Gasteiger partial charge < -0.3 is 4.74 Å². The molecular formula is C17H24O2. The van der Waals surface area contributed by atoms with Crippen LogP contribution in [0.25, 0.3) is 0 Å². The molecule has 0 atom stereocenters. The molecule has 0 spiro atoms. The van der Waals surface area contributed by atoms with E-state index in [1.807, 2.05) is 25.1 Å². The monoisotopic (exact) mass is 260 g/mol. The molecule has 19 heavy (non-hydrogen) atoms. The van der Waals surface area contributed by atoms with Crippen molar-refractivity contribution < 1.29 is 9.53 Å². The molecule has 0 heterocycles. The van der Waals surface area contributed by atoms with Crippen LogP contribution in [0.1, 0.15) is 61.4 Å².